The van der Waals surface area contributed by atoms with Crippen molar-refractivity contribution in [2.75, 3.05) is 0 Å². The van der Waals surface area contributed by atoms with E-state index in [0.29, 0.717) is 18.8 Å². The Kier molecular flexibility index (Phi) is 3.58. The molecule has 2 aromatic carbocycles. The van der Waals surface area contributed by atoms with Gasteiger partial charge in [-0.3, -0.25) is 0 Å². The third-order valence-electron chi connectivity index (χ3n) is 3.50. The molecule has 1 aliphatic heterocycles. The summed E-state index contributed by atoms with van der Waals surface area (Å²) < 4.78 is 33.5. The number of benzene rings is 2. The van der Waals surface area contributed by atoms with E-state index >= 15 is 0 Å². The van der Waals surface area contributed by atoms with Crippen LogP contribution in [0.4, 0.5) is 8.78 Å². The monoisotopic (exact) mass is 339 g/mol. The highest BCUT2D eigenvalue weighted by molar-refractivity contribution is 9.10. The van der Waals surface area contributed by atoms with Gasteiger partial charge in [0.15, 0.2) is 0 Å². The van der Waals surface area contributed by atoms with Crippen molar-refractivity contribution in [3.63, 3.8) is 0 Å². The summed E-state index contributed by atoms with van der Waals surface area (Å²) in [7, 11) is 0. The molecule has 0 saturated carbocycles. The largest absolute Gasteiger partial charge is 0.372 e. The summed E-state index contributed by atoms with van der Waals surface area (Å²) in [6.45, 7) is 1.09. The highest BCUT2D eigenvalue weighted by Crippen LogP contribution is 2.31. The summed E-state index contributed by atoms with van der Waals surface area (Å²) in [6, 6.07) is 7.23. The summed E-state index contributed by atoms with van der Waals surface area (Å²) in [5.74, 6) is -1.30. The Bertz CT molecular complexity index is 675. The van der Waals surface area contributed by atoms with Crippen molar-refractivity contribution in [1.29, 1.82) is 0 Å². The molecule has 0 amide bonds. The second kappa shape index (κ2) is 5.24. The maximum absolute atomic E-state index is 14.1. The van der Waals surface area contributed by atoms with E-state index in [1.807, 2.05) is 12.1 Å². The highest BCUT2D eigenvalue weighted by Gasteiger charge is 2.22. The fraction of sp³-hybridized carbons (Fsp3) is 0.200. The van der Waals surface area contributed by atoms with E-state index in [1.54, 1.807) is 6.07 Å². The van der Waals surface area contributed by atoms with Crippen LogP contribution >= 0.6 is 15.9 Å². The fourth-order valence-corrected chi connectivity index (χ4v) is 2.73. The molecule has 0 radical (unpaired) electrons. The number of fused-ring (bicyclic) bond motifs is 1. The van der Waals surface area contributed by atoms with Crippen LogP contribution in [0, 0.1) is 11.6 Å². The van der Waals surface area contributed by atoms with Gasteiger partial charge >= 0.3 is 0 Å². The molecule has 0 bridgehead atoms. The zero-order valence-electron chi connectivity index (χ0n) is 10.5. The van der Waals surface area contributed by atoms with Gasteiger partial charge in [-0.25, -0.2) is 8.78 Å². The second-order valence-corrected chi connectivity index (χ2v) is 5.61. The minimum atomic E-state index is -0.849. The average Bonchev–Trinajstić information content (AvgIpc) is 2.90. The van der Waals surface area contributed by atoms with E-state index in [9.17, 15) is 8.78 Å². The van der Waals surface area contributed by atoms with Gasteiger partial charge in [-0.05, 0) is 44.8 Å². The first-order valence-corrected chi connectivity index (χ1v) is 6.95. The molecule has 0 spiro atoms. The molecular weight excluding hydrogens is 328 g/mol. The normalized spacial score (nSPS) is 15.2. The SMILES string of the molecule is NC(c1ccc2c(c1)COC2)c1c(F)ccc(Br)c1F. The quantitative estimate of drug-likeness (QED) is 0.844. The van der Waals surface area contributed by atoms with Crippen LogP contribution < -0.4 is 5.73 Å². The summed E-state index contributed by atoms with van der Waals surface area (Å²) in [6.07, 6.45) is 0. The summed E-state index contributed by atoms with van der Waals surface area (Å²) in [5, 5.41) is 0. The predicted molar refractivity (Wildman–Crippen MR) is 75.0 cm³/mol. The average molecular weight is 340 g/mol. The van der Waals surface area contributed by atoms with Gasteiger partial charge in [-0.1, -0.05) is 18.2 Å². The zero-order chi connectivity index (χ0) is 14.3. The first-order valence-electron chi connectivity index (χ1n) is 6.16. The minimum absolute atomic E-state index is 0.127. The molecule has 1 unspecified atom stereocenters. The van der Waals surface area contributed by atoms with Gasteiger partial charge in [0.25, 0.3) is 0 Å². The lowest BCUT2D eigenvalue weighted by molar-refractivity contribution is 0.134. The van der Waals surface area contributed by atoms with Gasteiger partial charge in [-0.2, -0.15) is 0 Å². The molecule has 2 N–H and O–H groups in total. The topological polar surface area (TPSA) is 35.2 Å². The molecule has 0 aliphatic carbocycles. The van der Waals surface area contributed by atoms with Crippen LogP contribution in [-0.2, 0) is 18.0 Å². The molecule has 0 fully saturated rings. The van der Waals surface area contributed by atoms with Crippen LogP contribution in [-0.4, -0.2) is 0 Å². The molecule has 20 heavy (non-hydrogen) atoms. The second-order valence-electron chi connectivity index (χ2n) is 4.76. The number of hydrogen-bond donors (Lipinski definition) is 1. The lowest BCUT2D eigenvalue weighted by Crippen LogP contribution is -2.16. The molecule has 1 heterocycles. The zero-order valence-corrected chi connectivity index (χ0v) is 12.1. The van der Waals surface area contributed by atoms with Crippen LogP contribution in [0.5, 0.6) is 0 Å². The number of rotatable bonds is 2. The molecule has 1 atom stereocenters. The molecule has 0 saturated heterocycles. The van der Waals surface area contributed by atoms with Gasteiger partial charge < -0.3 is 10.5 Å². The van der Waals surface area contributed by atoms with Crippen molar-refractivity contribution in [3.8, 4) is 0 Å². The van der Waals surface area contributed by atoms with Crippen molar-refractivity contribution in [2.24, 2.45) is 5.73 Å². The highest BCUT2D eigenvalue weighted by atomic mass is 79.9. The van der Waals surface area contributed by atoms with E-state index in [0.717, 1.165) is 11.1 Å². The van der Waals surface area contributed by atoms with Crippen molar-refractivity contribution in [3.05, 3.63) is 68.7 Å². The summed E-state index contributed by atoms with van der Waals surface area (Å²) in [4.78, 5) is 0. The number of nitrogens with two attached hydrogens (primary N) is 1. The summed E-state index contributed by atoms with van der Waals surface area (Å²) in [5.41, 5.74) is 8.70. The van der Waals surface area contributed by atoms with E-state index in [2.05, 4.69) is 15.9 Å². The van der Waals surface area contributed by atoms with Crippen molar-refractivity contribution >= 4 is 15.9 Å². The Morgan fingerprint density at radius 1 is 1.10 bits per heavy atom. The Hall–Kier alpha value is -1.30. The number of ether oxygens (including phenoxy) is 1. The van der Waals surface area contributed by atoms with Gasteiger partial charge in [0.1, 0.15) is 11.6 Å². The maximum Gasteiger partial charge on any atom is 0.145 e. The van der Waals surface area contributed by atoms with E-state index in [1.165, 1.54) is 12.1 Å². The molecule has 2 aromatic rings. The van der Waals surface area contributed by atoms with Gasteiger partial charge in [0.2, 0.25) is 0 Å². The molecule has 3 rings (SSSR count). The van der Waals surface area contributed by atoms with Crippen LogP contribution in [0.25, 0.3) is 0 Å². The maximum atomic E-state index is 14.1. The van der Waals surface area contributed by atoms with Gasteiger partial charge in [-0.15, -0.1) is 0 Å². The number of hydrogen-bond acceptors (Lipinski definition) is 2. The van der Waals surface area contributed by atoms with E-state index in [4.69, 9.17) is 10.5 Å². The molecule has 2 nitrogen and oxygen atoms in total. The smallest absolute Gasteiger partial charge is 0.145 e. The van der Waals surface area contributed by atoms with Crippen LogP contribution in [0.1, 0.15) is 28.3 Å². The summed E-state index contributed by atoms with van der Waals surface area (Å²) >= 11 is 3.05. The number of halogens is 3. The minimum Gasteiger partial charge on any atom is -0.372 e. The van der Waals surface area contributed by atoms with Gasteiger partial charge in [0.05, 0.1) is 23.7 Å². The first kappa shape index (κ1) is 13.7. The third kappa shape index (κ3) is 2.26. The van der Waals surface area contributed by atoms with Crippen LogP contribution in [0.3, 0.4) is 0 Å². The molecule has 1 aliphatic rings. The lowest BCUT2D eigenvalue weighted by Gasteiger charge is -2.16. The standard InChI is InChI=1S/C15H12BrF2NO/c16-11-3-4-12(17)13(14(11)18)15(19)8-1-2-9-6-20-7-10(9)5-8/h1-5,15H,6-7,19H2. The van der Waals surface area contributed by atoms with E-state index < -0.39 is 17.7 Å². The van der Waals surface area contributed by atoms with E-state index in [-0.39, 0.29) is 10.0 Å². The van der Waals surface area contributed by atoms with Crippen LogP contribution in [0.2, 0.25) is 0 Å². The molecule has 0 aromatic heterocycles. The van der Waals surface area contributed by atoms with Crippen molar-refractivity contribution in [2.45, 2.75) is 19.3 Å². The Labute approximate surface area is 123 Å². The van der Waals surface area contributed by atoms with Crippen molar-refractivity contribution < 1.29 is 13.5 Å². The van der Waals surface area contributed by atoms with Crippen molar-refractivity contribution in [1.82, 2.24) is 0 Å². The molecular formula is C15H12BrF2NO. The Balaban J connectivity index is 2.05. The fourth-order valence-electron chi connectivity index (χ4n) is 2.38. The Morgan fingerprint density at radius 3 is 2.65 bits per heavy atom. The molecule has 5 heteroatoms. The van der Waals surface area contributed by atoms with Gasteiger partial charge in [0, 0.05) is 5.56 Å². The Morgan fingerprint density at radius 2 is 1.85 bits per heavy atom. The van der Waals surface area contributed by atoms with Crippen LogP contribution in [0.15, 0.2) is 34.8 Å². The molecule has 104 valence electrons. The third-order valence-corrected chi connectivity index (χ3v) is 4.11. The predicted octanol–water partition coefficient (Wildman–Crippen LogP) is 3.81. The first-order chi connectivity index (χ1) is 9.58. The lowest BCUT2D eigenvalue weighted by atomic mass is 9.95.